The van der Waals surface area contributed by atoms with Crippen LogP contribution in [0.15, 0.2) is 48.8 Å². The molecule has 0 bridgehead atoms. The Morgan fingerprint density at radius 2 is 1.36 bits per heavy atom. The number of nitrogens with zero attached hydrogens (tertiary/aromatic N) is 4. The monoisotopic (exact) mass is 488 g/mol. The first-order valence-electron chi connectivity index (χ1n) is 9.88. The van der Waals surface area contributed by atoms with Crippen LogP contribution in [0.4, 0.5) is 0 Å². The largest absolute Gasteiger partial charge is 0.493 e. The quantitative estimate of drug-likeness (QED) is 0.336. The molecule has 4 rings (SSSR count). The molecule has 2 aromatic heterocycles. The van der Waals surface area contributed by atoms with Crippen LogP contribution in [0, 0.1) is 0 Å². The lowest BCUT2D eigenvalue weighted by molar-refractivity contribution is 0.355. The zero-order valence-electron chi connectivity index (χ0n) is 18.5. The summed E-state index contributed by atoms with van der Waals surface area (Å²) in [5.41, 5.74) is 2.85. The summed E-state index contributed by atoms with van der Waals surface area (Å²) in [5, 5.41) is 10.1. The molecular formula is C23H22Cl2N4O4. The first-order valence-corrected chi connectivity index (χ1v) is 10.6. The van der Waals surface area contributed by atoms with Gasteiger partial charge in [0.05, 0.1) is 50.4 Å². The van der Waals surface area contributed by atoms with Crippen molar-refractivity contribution < 1.29 is 18.9 Å². The molecule has 4 aromatic rings. The molecule has 0 saturated carbocycles. The molecule has 0 atom stereocenters. The molecule has 0 radical (unpaired) electrons. The first kappa shape index (κ1) is 22.8. The van der Waals surface area contributed by atoms with Crippen molar-refractivity contribution in [2.24, 2.45) is 0 Å². The van der Waals surface area contributed by atoms with Gasteiger partial charge in [0.2, 0.25) is 0 Å². The van der Waals surface area contributed by atoms with Crippen molar-refractivity contribution in [1.82, 2.24) is 19.6 Å². The zero-order chi connectivity index (χ0) is 23.5. The summed E-state index contributed by atoms with van der Waals surface area (Å²) < 4.78 is 25.1. The molecule has 0 N–H and O–H groups in total. The van der Waals surface area contributed by atoms with E-state index in [1.807, 2.05) is 36.4 Å². The van der Waals surface area contributed by atoms with Crippen LogP contribution in [0.1, 0.15) is 0 Å². The van der Waals surface area contributed by atoms with Crippen molar-refractivity contribution >= 4 is 23.2 Å². The Balaban J connectivity index is 1.88. The molecule has 0 unspecified atom stereocenters. The van der Waals surface area contributed by atoms with E-state index in [2.05, 4.69) is 5.10 Å². The third kappa shape index (κ3) is 4.44. The summed E-state index contributed by atoms with van der Waals surface area (Å²) in [5.74, 6) is 2.38. The van der Waals surface area contributed by atoms with Gasteiger partial charge in [0, 0.05) is 17.3 Å². The molecule has 8 nitrogen and oxygen atoms in total. The van der Waals surface area contributed by atoms with Gasteiger partial charge < -0.3 is 18.9 Å². The molecule has 10 heteroatoms. The zero-order valence-corrected chi connectivity index (χ0v) is 20.0. The molecule has 172 valence electrons. The fourth-order valence-corrected chi connectivity index (χ4v) is 4.03. The number of hydrogen-bond donors (Lipinski definition) is 0. The van der Waals surface area contributed by atoms with E-state index in [1.165, 1.54) is 0 Å². The Kier molecular flexibility index (Phi) is 6.67. The highest BCUT2D eigenvalue weighted by molar-refractivity contribution is 6.35. The van der Waals surface area contributed by atoms with Crippen LogP contribution >= 0.6 is 23.2 Å². The van der Waals surface area contributed by atoms with Crippen LogP contribution in [0.25, 0.3) is 22.5 Å². The van der Waals surface area contributed by atoms with Gasteiger partial charge in [-0.1, -0.05) is 23.2 Å². The van der Waals surface area contributed by atoms with Gasteiger partial charge in [0.25, 0.3) is 0 Å². The topological polar surface area (TPSA) is 72.6 Å². The van der Waals surface area contributed by atoms with Gasteiger partial charge in [-0.25, -0.2) is 9.36 Å². The Bertz CT molecular complexity index is 1290. The fourth-order valence-electron chi connectivity index (χ4n) is 3.52. The van der Waals surface area contributed by atoms with E-state index in [1.54, 1.807) is 50.2 Å². The summed E-state index contributed by atoms with van der Waals surface area (Å²) in [6.45, 7) is 0.295. The maximum Gasteiger partial charge on any atom is 0.161 e. The summed E-state index contributed by atoms with van der Waals surface area (Å²) in [4.78, 5) is 0. The van der Waals surface area contributed by atoms with Crippen molar-refractivity contribution in [2.45, 2.75) is 6.67 Å². The predicted molar refractivity (Wildman–Crippen MR) is 127 cm³/mol. The lowest BCUT2D eigenvalue weighted by atomic mass is 10.1. The van der Waals surface area contributed by atoms with E-state index in [9.17, 15) is 0 Å². The standard InChI is InChI=1S/C23H22Cl2N4O4/c1-30-17-7-5-14(9-19(17)32-3)22-21(25)23(15-6-8-18(31-2)20(10-15)33-4)29(27-22)13-28-12-16(24)11-26-28/h5-12H,13H2,1-4H3. The average Bonchev–Trinajstić information content (AvgIpc) is 3.40. The number of hydrogen-bond acceptors (Lipinski definition) is 6. The number of ether oxygens (including phenoxy) is 4. The highest BCUT2D eigenvalue weighted by atomic mass is 35.5. The third-order valence-corrected chi connectivity index (χ3v) is 5.64. The molecule has 2 aromatic carbocycles. The summed E-state index contributed by atoms with van der Waals surface area (Å²) >= 11 is 13.0. The van der Waals surface area contributed by atoms with E-state index < -0.39 is 0 Å². The summed E-state index contributed by atoms with van der Waals surface area (Å²) in [6.07, 6.45) is 3.28. The summed E-state index contributed by atoms with van der Waals surface area (Å²) in [7, 11) is 6.34. The first-order chi connectivity index (χ1) is 16.0. The maximum absolute atomic E-state index is 6.93. The van der Waals surface area contributed by atoms with E-state index in [0.29, 0.717) is 51.1 Å². The van der Waals surface area contributed by atoms with Crippen molar-refractivity contribution in [3.63, 3.8) is 0 Å². The number of benzene rings is 2. The van der Waals surface area contributed by atoms with Crippen molar-refractivity contribution in [3.8, 4) is 45.5 Å². The van der Waals surface area contributed by atoms with Crippen LogP contribution < -0.4 is 18.9 Å². The number of aromatic nitrogens is 4. The van der Waals surface area contributed by atoms with Crippen molar-refractivity contribution in [1.29, 1.82) is 0 Å². The molecule has 0 spiro atoms. The molecular weight excluding hydrogens is 467 g/mol. The highest BCUT2D eigenvalue weighted by Crippen LogP contribution is 2.41. The minimum Gasteiger partial charge on any atom is -0.493 e. The fraction of sp³-hybridized carbons (Fsp3) is 0.217. The van der Waals surface area contributed by atoms with Gasteiger partial charge in [-0.05, 0) is 36.4 Å². The van der Waals surface area contributed by atoms with Crippen LogP contribution in [0.5, 0.6) is 23.0 Å². The Morgan fingerprint density at radius 1 is 0.788 bits per heavy atom. The molecule has 0 saturated heterocycles. The average molecular weight is 489 g/mol. The predicted octanol–water partition coefficient (Wildman–Crippen LogP) is 5.26. The minimum atomic E-state index is 0.295. The highest BCUT2D eigenvalue weighted by Gasteiger charge is 2.22. The SMILES string of the molecule is COc1ccc(-c2nn(Cn3cc(Cl)cn3)c(-c3ccc(OC)c(OC)c3)c2Cl)cc1OC. The van der Waals surface area contributed by atoms with E-state index in [-0.39, 0.29) is 0 Å². The smallest absolute Gasteiger partial charge is 0.161 e. The van der Waals surface area contributed by atoms with Gasteiger partial charge in [-0.2, -0.15) is 10.2 Å². The molecule has 2 heterocycles. The van der Waals surface area contributed by atoms with Gasteiger partial charge in [0.15, 0.2) is 23.0 Å². The van der Waals surface area contributed by atoms with Crippen molar-refractivity contribution in [3.05, 3.63) is 58.8 Å². The van der Waals surface area contributed by atoms with Gasteiger partial charge in [-0.3, -0.25) is 0 Å². The van der Waals surface area contributed by atoms with Crippen LogP contribution in [-0.2, 0) is 6.67 Å². The van der Waals surface area contributed by atoms with Gasteiger partial charge >= 0.3 is 0 Å². The van der Waals surface area contributed by atoms with Crippen LogP contribution in [-0.4, -0.2) is 48.0 Å². The van der Waals surface area contributed by atoms with Gasteiger partial charge in [-0.15, -0.1) is 0 Å². The van der Waals surface area contributed by atoms with Gasteiger partial charge in [0.1, 0.15) is 12.4 Å². The third-order valence-electron chi connectivity index (χ3n) is 5.09. The number of rotatable bonds is 8. The Hall–Kier alpha value is -3.36. The molecule has 0 aliphatic rings. The van der Waals surface area contributed by atoms with Crippen molar-refractivity contribution in [2.75, 3.05) is 28.4 Å². The normalized spacial score (nSPS) is 10.8. The number of halogens is 2. The molecule has 33 heavy (non-hydrogen) atoms. The second-order valence-electron chi connectivity index (χ2n) is 6.99. The van der Waals surface area contributed by atoms with Crippen LogP contribution in [0.2, 0.25) is 10.0 Å². The van der Waals surface area contributed by atoms with E-state index >= 15 is 0 Å². The lowest BCUT2D eigenvalue weighted by Gasteiger charge is -2.12. The van der Waals surface area contributed by atoms with E-state index in [4.69, 9.17) is 47.2 Å². The molecule has 0 fully saturated rings. The Morgan fingerprint density at radius 3 is 1.91 bits per heavy atom. The molecule has 0 aliphatic carbocycles. The maximum atomic E-state index is 6.93. The molecule has 0 amide bonds. The number of methoxy groups -OCH3 is 4. The minimum absolute atomic E-state index is 0.295. The Labute approximate surface area is 201 Å². The second kappa shape index (κ2) is 9.64. The molecule has 0 aliphatic heterocycles. The second-order valence-corrected chi connectivity index (χ2v) is 7.80. The van der Waals surface area contributed by atoms with Crippen LogP contribution in [0.3, 0.4) is 0 Å². The van der Waals surface area contributed by atoms with E-state index in [0.717, 1.165) is 11.1 Å². The summed E-state index contributed by atoms with van der Waals surface area (Å²) in [6, 6.07) is 11.1. The lowest BCUT2D eigenvalue weighted by Crippen LogP contribution is -2.11.